The van der Waals surface area contributed by atoms with Crippen LogP contribution >= 0.6 is 0 Å². The fraction of sp³-hybridized carbons (Fsp3) is 0.860. The first-order chi connectivity index (χ1) is 31.1. The maximum atomic E-state index is 13.1. The van der Waals surface area contributed by atoms with E-state index in [0.29, 0.717) is 12.8 Å². The Kier molecular flexibility index (Phi) is 33.9. The monoisotopic (exact) mass is 914 g/mol. The summed E-state index contributed by atoms with van der Waals surface area (Å²) in [5, 5.41) is 86.3. The fourth-order valence-electron chi connectivity index (χ4n) is 8.18. The average molecular weight is 914 g/mol. The fourth-order valence-corrected chi connectivity index (χ4v) is 8.18. The molecular formula is C50H91NO13. The van der Waals surface area contributed by atoms with Gasteiger partial charge in [-0.1, -0.05) is 159 Å². The summed E-state index contributed by atoms with van der Waals surface area (Å²) in [6.45, 7) is 2.72. The van der Waals surface area contributed by atoms with E-state index in [4.69, 9.17) is 18.9 Å². The van der Waals surface area contributed by atoms with E-state index in [0.717, 1.165) is 77.0 Å². The van der Waals surface area contributed by atoms with E-state index in [1.54, 1.807) is 0 Å². The van der Waals surface area contributed by atoms with Crippen LogP contribution in [0.2, 0.25) is 0 Å². The van der Waals surface area contributed by atoms with Crippen LogP contribution in [0, 0.1) is 0 Å². The van der Waals surface area contributed by atoms with E-state index in [-0.39, 0.29) is 12.5 Å². The van der Waals surface area contributed by atoms with Crippen molar-refractivity contribution in [3.8, 4) is 0 Å². The van der Waals surface area contributed by atoms with Crippen LogP contribution in [0.1, 0.15) is 181 Å². The van der Waals surface area contributed by atoms with Crippen molar-refractivity contribution in [2.75, 3.05) is 19.8 Å². The molecule has 0 bridgehead atoms. The number of hydrogen-bond acceptors (Lipinski definition) is 13. The van der Waals surface area contributed by atoms with Gasteiger partial charge in [-0.25, -0.2) is 0 Å². The zero-order valence-corrected chi connectivity index (χ0v) is 39.5. The van der Waals surface area contributed by atoms with E-state index < -0.39 is 86.8 Å². The summed E-state index contributed by atoms with van der Waals surface area (Å²) in [6.07, 6.45) is 25.0. The van der Waals surface area contributed by atoms with E-state index in [9.17, 15) is 45.6 Å². The second-order valence-electron chi connectivity index (χ2n) is 17.9. The largest absolute Gasteiger partial charge is 0.394 e. The predicted molar refractivity (Wildman–Crippen MR) is 249 cm³/mol. The SMILES string of the molecule is CCCCCCC/C=C\C/C=C\C/C=C\CCCCCCCCCCCCC(=O)NC(COC1OC(CO)C(OC2OC(CO)C(O)C(O)C2O)C(O)C1O)C(O)CCCCCCC. The Balaban J connectivity index is 1.67. The quantitative estimate of drug-likeness (QED) is 0.0244. The van der Waals surface area contributed by atoms with Gasteiger partial charge < -0.3 is 65.1 Å². The lowest BCUT2D eigenvalue weighted by Gasteiger charge is -2.46. The van der Waals surface area contributed by atoms with Gasteiger partial charge in [-0.15, -0.1) is 0 Å². The van der Waals surface area contributed by atoms with E-state index in [2.05, 4.69) is 55.6 Å². The Bertz CT molecular complexity index is 1220. The highest BCUT2D eigenvalue weighted by molar-refractivity contribution is 5.76. The van der Waals surface area contributed by atoms with Gasteiger partial charge in [-0.05, 0) is 51.4 Å². The first kappa shape index (κ1) is 58.3. The van der Waals surface area contributed by atoms with Crippen molar-refractivity contribution in [3.63, 3.8) is 0 Å². The third-order valence-corrected chi connectivity index (χ3v) is 12.4. The number of carbonyl (C=O) groups excluding carboxylic acids is 1. The van der Waals surface area contributed by atoms with Crippen LogP contribution in [-0.2, 0) is 23.7 Å². The summed E-state index contributed by atoms with van der Waals surface area (Å²) in [4.78, 5) is 13.1. The van der Waals surface area contributed by atoms with Crippen molar-refractivity contribution in [1.29, 1.82) is 0 Å². The Hall–Kier alpha value is -1.79. The number of nitrogens with one attached hydrogen (secondary N) is 1. The molecule has 12 unspecified atom stereocenters. The third-order valence-electron chi connectivity index (χ3n) is 12.4. The number of aliphatic hydroxyl groups is 8. The normalized spacial score (nSPS) is 27.5. The number of unbranched alkanes of at least 4 members (excludes halogenated alkanes) is 19. The van der Waals surface area contributed by atoms with Gasteiger partial charge in [0.1, 0.15) is 48.8 Å². The van der Waals surface area contributed by atoms with Crippen molar-refractivity contribution in [1.82, 2.24) is 5.32 Å². The molecule has 0 aliphatic carbocycles. The molecule has 2 aliphatic heterocycles. The zero-order valence-electron chi connectivity index (χ0n) is 39.5. The van der Waals surface area contributed by atoms with Crippen LogP contribution in [0.4, 0.5) is 0 Å². The lowest BCUT2D eigenvalue weighted by molar-refractivity contribution is -0.359. The summed E-state index contributed by atoms with van der Waals surface area (Å²) in [5.74, 6) is -0.220. The Morgan fingerprint density at radius 3 is 1.58 bits per heavy atom. The van der Waals surface area contributed by atoms with Gasteiger partial charge in [-0.3, -0.25) is 4.79 Å². The smallest absolute Gasteiger partial charge is 0.220 e. The minimum atomic E-state index is -1.78. The summed E-state index contributed by atoms with van der Waals surface area (Å²) >= 11 is 0. The molecule has 14 nitrogen and oxygen atoms in total. The average Bonchev–Trinajstić information content (AvgIpc) is 3.29. The number of amides is 1. The lowest BCUT2D eigenvalue weighted by Crippen LogP contribution is -2.65. The van der Waals surface area contributed by atoms with Crippen LogP contribution < -0.4 is 5.32 Å². The number of allylic oxidation sites excluding steroid dienone is 6. The molecular weight excluding hydrogens is 823 g/mol. The molecule has 14 heteroatoms. The molecule has 1 amide bonds. The summed E-state index contributed by atoms with van der Waals surface area (Å²) in [5.41, 5.74) is 0. The van der Waals surface area contributed by atoms with Gasteiger partial charge in [0.2, 0.25) is 5.91 Å². The summed E-state index contributed by atoms with van der Waals surface area (Å²) in [7, 11) is 0. The number of hydrogen-bond donors (Lipinski definition) is 9. The first-order valence-electron chi connectivity index (χ1n) is 25.2. The first-order valence-corrected chi connectivity index (χ1v) is 25.2. The minimum Gasteiger partial charge on any atom is -0.394 e. The van der Waals surface area contributed by atoms with Crippen molar-refractivity contribution in [2.45, 2.75) is 254 Å². The molecule has 2 heterocycles. The molecule has 0 saturated carbocycles. The minimum absolute atomic E-state index is 0.220. The van der Waals surface area contributed by atoms with Crippen LogP contribution in [0.5, 0.6) is 0 Å². The maximum absolute atomic E-state index is 13.1. The third kappa shape index (κ3) is 24.3. The molecule has 2 saturated heterocycles. The number of rotatable bonds is 38. The second-order valence-corrected chi connectivity index (χ2v) is 17.9. The van der Waals surface area contributed by atoms with Gasteiger partial charge in [0, 0.05) is 6.42 Å². The molecule has 2 fully saturated rings. The maximum Gasteiger partial charge on any atom is 0.220 e. The van der Waals surface area contributed by atoms with Gasteiger partial charge in [0.15, 0.2) is 12.6 Å². The molecule has 9 N–H and O–H groups in total. The van der Waals surface area contributed by atoms with Crippen LogP contribution in [0.15, 0.2) is 36.5 Å². The molecule has 0 radical (unpaired) electrons. The molecule has 374 valence electrons. The van der Waals surface area contributed by atoms with Crippen molar-refractivity contribution in [2.24, 2.45) is 0 Å². The highest BCUT2D eigenvalue weighted by Crippen LogP contribution is 2.30. The van der Waals surface area contributed by atoms with Gasteiger partial charge in [0.25, 0.3) is 0 Å². The number of ether oxygens (including phenoxy) is 4. The zero-order chi connectivity index (χ0) is 46.8. The summed E-state index contributed by atoms with van der Waals surface area (Å²) < 4.78 is 22.6. The molecule has 0 aromatic rings. The van der Waals surface area contributed by atoms with Crippen molar-refractivity contribution in [3.05, 3.63) is 36.5 Å². The Morgan fingerprint density at radius 1 is 0.562 bits per heavy atom. The van der Waals surface area contributed by atoms with E-state index >= 15 is 0 Å². The van der Waals surface area contributed by atoms with Crippen molar-refractivity contribution >= 4 is 5.91 Å². The van der Waals surface area contributed by atoms with Crippen LogP contribution in [0.25, 0.3) is 0 Å². The highest BCUT2D eigenvalue weighted by atomic mass is 16.7. The van der Waals surface area contributed by atoms with Crippen molar-refractivity contribution < 1.29 is 64.6 Å². The molecule has 0 aromatic carbocycles. The van der Waals surface area contributed by atoms with Gasteiger partial charge >= 0.3 is 0 Å². The van der Waals surface area contributed by atoms with Crippen LogP contribution in [0.3, 0.4) is 0 Å². The lowest BCUT2D eigenvalue weighted by atomic mass is 9.97. The molecule has 2 aliphatic rings. The predicted octanol–water partition coefficient (Wildman–Crippen LogP) is 6.32. The topological polar surface area (TPSA) is 228 Å². The molecule has 64 heavy (non-hydrogen) atoms. The van der Waals surface area contributed by atoms with Crippen LogP contribution in [-0.4, -0.2) is 140 Å². The van der Waals surface area contributed by atoms with E-state index in [1.807, 2.05) is 0 Å². The molecule has 12 atom stereocenters. The van der Waals surface area contributed by atoms with Gasteiger partial charge in [0.05, 0.1) is 32.0 Å². The number of aliphatic hydroxyl groups excluding tert-OH is 8. The Morgan fingerprint density at radius 2 is 1.03 bits per heavy atom. The number of carbonyl (C=O) groups is 1. The van der Waals surface area contributed by atoms with E-state index in [1.165, 1.54) is 77.0 Å². The Labute approximate surface area is 385 Å². The summed E-state index contributed by atoms with van der Waals surface area (Å²) in [6, 6.07) is -0.826. The standard InChI is InChI=1S/C50H91NO13/c1-3-5-7-9-10-11-12-13-14-15-16-17-18-19-20-21-22-23-24-25-26-27-28-30-32-34-42(55)51-38(39(54)33-31-29-8-6-4-2)37-61-49-47(60)45(58)48(41(36-53)63-49)64-50-46(59)44(57)43(56)40(35-52)62-50/h12-13,15-16,18-19,38-41,43-50,52-54,56-60H,3-11,14,17,20-37H2,1-2H3,(H,51,55)/b13-12-,16-15-,19-18-. The second kappa shape index (κ2) is 37.2. The molecule has 0 aromatic heterocycles. The molecule has 2 rings (SSSR count). The van der Waals surface area contributed by atoms with Gasteiger partial charge in [-0.2, -0.15) is 0 Å². The molecule has 0 spiro atoms. The highest BCUT2D eigenvalue weighted by Gasteiger charge is 2.51.